The number of thioether (sulfide) groups is 1. The van der Waals surface area contributed by atoms with Crippen molar-refractivity contribution in [2.45, 2.75) is 5.16 Å². The second kappa shape index (κ2) is 5.97. The Bertz CT molecular complexity index is 527. The molecule has 0 fully saturated rings. The lowest BCUT2D eigenvalue weighted by molar-refractivity contribution is -0.117. The second-order valence-corrected chi connectivity index (χ2v) is 4.29. The maximum atomic E-state index is 11.6. The number of amides is 2. The summed E-state index contributed by atoms with van der Waals surface area (Å²) in [6, 6.07) is 8.57. The molecule has 2 N–H and O–H groups in total. The van der Waals surface area contributed by atoms with Gasteiger partial charge < -0.3 is 0 Å². The molecule has 0 bridgehead atoms. The molecule has 0 unspecified atom stereocenters. The smallest absolute Gasteiger partial charge is 0.257 e. The number of aromatic amines is 1. The fourth-order valence-corrected chi connectivity index (χ4v) is 1.80. The van der Waals surface area contributed by atoms with Gasteiger partial charge in [-0.3, -0.25) is 20.0 Å². The Labute approximate surface area is 107 Å². The zero-order valence-electron chi connectivity index (χ0n) is 9.29. The third kappa shape index (κ3) is 3.42. The summed E-state index contributed by atoms with van der Waals surface area (Å²) in [6.07, 6.45) is 1.36. The third-order valence-corrected chi connectivity index (χ3v) is 2.90. The van der Waals surface area contributed by atoms with Gasteiger partial charge in [0.1, 0.15) is 6.33 Å². The van der Waals surface area contributed by atoms with E-state index in [0.29, 0.717) is 10.7 Å². The minimum Gasteiger partial charge on any atom is -0.292 e. The van der Waals surface area contributed by atoms with E-state index in [2.05, 4.69) is 20.5 Å². The van der Waals surface area contributed by atoms with Crippen LogP contribution >= 0.6 is 11.8 Å². The Hall–Kier alpha value is -2.15. The van der Waals surface area contributed by atoms with Crippen LogP contribution < -0.4 is 5.32 Å². The van der Waals surface area contributed by atoms with Crippen molar-refractivity contribution < 1.29 is 9.59 Å². The SMILES string of the molecule is O=C(CSc1ncn[nH]1)NC(=O)c1ccccc1. The highest BCUT2D eigenvalue weighted by atomic mass is 32.2. The molecule has 6 nitrogen and oxygen atoms in total. The number of rotatable bonds is 4. The molecule has 0 radical (unpaired) electrons. The van der Waals surface area contributed by atoms with Crippen molar-refractivity contribution in [2.24, 2.45) is 0 Å². The lowest BCUT2D eigenvalue weighted by Gasteiger charge is -2.02. The van der Waals surface area contributed by atoms with Crippen LogP contribution in [0.4, 0.5) is 0 Å². The van der Waals surface area contributed by atoms with Crippen molar-refractivity contribution in [1.29, 1.82) is 0 Å². The van der Waals surface area contributed by atoms with Crippen LogP contribution in [0.3, 0.4) is 0 Å². The van der Waals surface area contributed by atoms with Crippen molar-refractivity contribution in [3.8, 4) is 0 Å². The van der Waals surface area contributed by atoms with Gasteiger partial charge in [0.25, 0.3) is 5.91 Å². The number of carbonyl (C=O) groups is 2. The summed E-state index contributed by atoms with van der Waals surface area (Å²) >= 11 is 1.18. The van der Waals surface area contributed by atoms with Gasteiger partial charge in [0, 0.05) is 5.56 Å². The number of hydrogen-bond donors (Lipinski definition) is 2. The number of nitrogens with zero attached hydrogens (tertiary/aromatic N) is 2. The van der Waals surface area contributed by atoms with Crippen LogP contribution in [-0.4, -0.2) is 32.7 Å². The molecule has 0 spiro atoms. The monoisotopic (exact) mass is 262 g/mol. The average molecular weight is 262 g/mol. The Morgan fingerprint density at radius 3 is 2.72 bits per heavy atom. The van der Waals surface area contributed by atoms with Gasteiger partial charge in [-0.15, -0.1) is 0 Å². The summed E-state index contributed by atoms with van der Waals surface area (Å²) in [7, 11) is 0. The van der Waals surface area contributed by atoms with Gasteiger partial charge in [-0.25, -0.2) is 4.98 Å². The Morgan fingerprint density at radius 1 is 1.28 bits per heavy atom. The predicted molar refractivity (Wildman–Crippen MR) is 66.0 cm³/mol. The van der Waals surface area contributed by atoms with Crippen molar-refractivity contribution >= 4 is 23.6 Å². The normalized spacial score (nSPS) is 10.0. The first-order valence-electron chi connectivity index (χ1n) is 5.13. The average Bonchev–Trinajstić information content (AvgIpc) is 2.90. The minimum absolute atomic E-state index is 0.105. The quantitative estimate of drug-likeness (QED) is 0.798. The molecule has 0 saturated heterocycles. The summed E-state index contributed by atoms with van der Waals surface area (Å²) in [6.45, 7) is 0. The predicted octanol–water partition coefficient (Wildman–Crippen LogP) is 0.853. The molecule has 0 saturated carbocycles. The van der Waals surface area contributed by atoms with E-state index < -0.39 is 5.91 Å². The summed E-state index contributed by atoms with van der Waals surface area (Å²) in [4.78, 5) is 27.0. The first-order chi connectivity index (χ1) is 8.75. The van der Waals surface area contributed by atoms with Gasteiger partial charge in [0.15, 0.2) is 5.16 Å². The van der Waals surface area contributed by atoms with E-state index in [0.717, 1.165) is 0 Å². The summed E-state index contributed by atoms with van der Waals surface area (Å²) < 4.78 is 0. The first kappa shape index (κ1) is 12.3. The van der Waals surface area contributed by atoms with Gasteiger partial charge in [-0.2, -0.15) is 5.10 Å². The molecule has 2 amide bonds. The molecule has 0 aliphatic heterocycles. The fourth-order valence-electron chi connectivity index (χ4n) is 1.22. The van der Waals surface area contributed by atoms with Gasteiger partial charge >= 0.3 is 0 Å². The molecule has 7 heteroatoms. The van der Waals surface area contributed by atoms with E-state index in [4.69, 9.17) is 0 Å². The molecule has 2 rings (SSSR count). The molecule has 0 atom stereocenters. The summed E-state index contributed by atoms with van der Waals surface area (Å²) in [5.41, 5.74) is 0.454. The van der Waals surface area contributed by atoms with Crippen molar-refractivity contribution in [2.75, 3.05) is 5.75 Å². The number of benzene rings is 1. The third-order valence-electron chi connectivity index (χ3n) is 2.02. The van der Waals surface area contributed by atoms with Crippen molar-refractivity contribution in [3.63, 3.8) is 0 Å². The van der Waals surface area contributed by atoms with Crippen molar-refractivity contribution in [3.05, 3.63) is 42.2 Å². The van der Waals surface area contributed by atoms with E-state index >= 15 is 0 Å². The number of aromatic nitrogens is 3. The molecule has 92 valence electrons. The van der Waals surface area contributed by atoms with Gasteiger partial charge in [0.2, 0.25) is 5.91 Å². The maximum Gasteiger partial charge on any atom is 0.257 e. The zero-order valence-corrected chi connectivity index (χ0v) is 10.1. The van der Waals surface area contributed by atoms with E-state index in [-0.39, 0.29) is 11.7 Å². The minimum atomic E-state index is -0.404. The lowest BCUT2D eigenvalue weighted by atomic mass is 10.2. The molecule has 0 aliphatic carbocycles. The van der Waals surface area contributed by atoms with Crippen LogP contribution in [0.1, 0.15) is 10.4 Å². The van der Waals surface area contributed by atoms with Gasteiger partial charge in [-0.05, 0) is 12.1 Å². The maximum absolute atomic E-state index is 11.6. The second-order valence-electron chi connectivity index (χ2n) is 3.32. The van der Waals surface area contributed by atoms with Crippen LogP contribution in [0.2, 0.25) is 0 Å². The van der Waals surface area contributed by atoms with Crippen molar-refractivity contribution in [1.82, 2.24) is 20.5 Å². The Morgan fingerprint density at radius 2 is 2.06 bits per heavy atom. The van der Waals surface area contributed by atoms with Gasteiger partial charge in [-0.1, -0.05) is 30.0 Å². The highest BCUT2D eigenvalue weighted by Crippen LogP contribution is 2.09. The van der Waals surface area contributed by atoms with E-state index in [1.807, 2.05) is 0 Å². The number of H-pyrrole nitrogens is 1. The molecule has 0 aliphatic rings. The van der Waals surface area contributed by atoms with E-state index in [9.17, 15) is 9.59 Å². The topological polar surface area (TPSA) is 87.7 Å². The molecule has 1 heterocycles. The Balaban J connectivity index is 1.83. The molecule has 1 aromatic heterocycles. The highest BCUT2D eigenvalue weighted by molar-refractivity contribution is 7.99. The Kier molecular flexibility index (Phi) is 4.08. The van der Waals surface area contributed by atoms with Crippen LogP contribution in [-0.2, 0) is 4.79 Å². The zero-order chi connectivity index (χ0) is 12.8. The molecule has 2 aromatic rings. The van der Waals surface area contributed by atoms with Crippen LogP contribution in [0.5, 0.6) is 0 Å². The molecular formula is C11H10N4O2S. The van der Waals surface area contributed by atoms with Crippen LogP contribution in [0.25, 0.3) is 0 Å². The lowest BCUT2D eigenvalue weighted by Crippen LogP contribution is -2.31. The summed E-state index contributed by atoms with van der Waals surface area (Å²) in [5.74, 6) is -0.669. The van der Waals surface area contributed by atoms with E-state index in [1.54, 1.807) is 30.3 Å². The fraction of sp³-hybridized carbons (Fsp3) is 0.0909. The number of hydrogen-bond acceptors (Lipinski definition) is 5. The molecule has 18 heavy (non-hydrogen) atoms. The first-order valence-corrected chi connectivity index (χ1v) is 6.11. The molecular weight excluding hydrogens is 252 g/mol. The standard InChI is InChI=1S/C11H10N4O2S/c16-9(6-18-11-12-7-13-15-11)14-10(17)8-4-2-1-3-5-8/h1-5,7H,6H2,(H,12,13,15)(H,14,16,17). The molecule has 1 aromatic carbocycles. The van der Waals surface area contributed by atoms with Gasteiger partial charge in [0.05, 0.1) is 5.75 Å². The van der Waals surface area contributed by atoms with Crippen LogP contribution in [0, 0.1) is 0 Å². The number of imide groups is 1. The van der Waals surface area contributed by atoms with E-state index in [1.165, 1.54) is 18.1 Å². The number of carbonyl (C=O) groups excluding carboxylic acids is 2. The highest BCUT2D eigenvalue weighted by Gasteiger charge is 2.10. The largest absolute Gasteiger partial charge is 0.292 e. The summed E-state index contributed by atoms with van der Waals surface area (Å²) in [5, 5.41) is 9.10. The number of nitrogens with one attached hydrogen (secondary N) is 2. The van der Waals surface area contributed by atoms with Crippen LogP contribution in [0.15, 0.2) is 41.8 Å².